The molecular formula is C20H17N3O2. The Hall–Kier alpha value is -3.34. The van der Waals surface area contributed by atoms with Gasteiger partial charge in [-0.1, -0.05) is 60.7 Å². The van der Waals surface area contributed by atoms with Crippen molar-refractivity contribution >= 4 is 17.5 Å². The first-order valence-electron chi connectivity index (χ1n) is 7.88. The zero-order chi connectivity index (χ0) is 17.8. The highest BCUT2D eigenvalue weighted by Gasteiger charge is 2.22. The van der Waals surface area contributed by atoms with Gasteiger partial charge in [-0.05, 0) is 12.5 Å². The van der Waals surface area contributed by atoms with Gasteiger partial charge >= 0.3 is 0 Å². The molecule has 1 N–H and O–H groups in total. The number of aromatic nitrogens is 2. The summed E-state index contributed by atoms with van der Waals surface area (Å²) in [5, 5.41) is 11.0. The Kier molecular flexibility index (Phi) is 4.66. The third-order valence-corrected chi connectivity index (χ3v) is 3.73. The Morgan fingerprint density at radius 3 is 1.88 bits per heavy atom. The molecule has 0 aliphatic rings. The van der Waals surface area contributed by atoms with Crippen molar-refractivity contribution in [2.45, 2.75) is 13.8 Å². The Balaban J connectivity index is 2.35. The molecule has 0 spiro atoms. The number of ketones is 1. The summed E-state index contributed by atoms with van der Waals surface area (Å²) in [5.74, 6) is -0.309. The number of carbonyl (C=O) groups excluding carboxylic acids is 2. The van der Waals surface area contributed by atoms with Gasteiger partial charge in [0, 0.05) is 18.1 Å². The van der Waals surface area contributed by atoms with Crippen LogP contribution in [0.25, 0.3) is 22.4 Å². The molecule has 0 radical (unpaired) electrons. The lowest BCUT2D eigenvalue weighted by Crippen LogP contribution is -2.14. The van der Waals surface area contributed by atoms with E-state index < -0.39 is 0 Å². The Labute approximate surface area is 145 Å². The van der Waals surface area contributed by atoms with E-state index in [4.69, 9.17) is 0 Å². The average Bonchev–Trinajstić information content (AvgIpc) is 2.62. The molecule has 0 atom stereocenters. The zero-order valence-electron chi connectivity index (χ0n) is 14.0. The summed E-state index contributed by atoms with van der Waals surface area (Å²) in [7, 11) is 0. The largest absolute Gasteiger partial charge is 0.309 e. The van der Waals surface area contributed by atoms with E-state index in [-0.39, 0.29) is 17.5 Å². The maximum atomic E-state index is 12.4. The molecule has 3 aromatic rings. The molecule has 0 saturated carbocycles. The summed E-state index contributed by atoms with van der Waals surface area (Å²) in [6, 6.07) is 19.1. The molecule has 0 fully saturated rings. The van der Waals surface area contributed by atoms with Crippen molar-refractivity contribution in [3.05, 3.63) is 66.2 Å². The van der Waals surface area contributed by atoms with Gasteiger partial charge in [-0.15, -0.1) is 10.2 Å². The SMILES string of the molecule is CC(=O)Nc1nnc(-c2ccccc2)c(-c2ccccc2)c1C(C)=O. The van der Waals surface area contributed by atoms with Crippen molar-refractivity contribution in [1.29, 1.82) is 0 Å². The van der Waals surface area contributed by atoms with Gasteiger partial charge in [0.05, 0.1) is 5.56 Å². The molecule has 25 heavy (non-hydrogen) atoms. The standard InChI is InChI=1S/C20H17N3O2/c1-13(24)17-18(15-9-5-3-6-10-15)19(16-11-7-4-8-12-16)22-23-20(17)21-14(2)25/h3-12H,1-2H3,(H,21,23,25). The molecule has 5 heteroatoms. The van der Waals surface area contributed by atoms with E-state index in [0.29, 0.717) is 16.8 Å². The Bertz CT molecular complexity index is 922. The van der Waals surface area contributed by atoms with Gasteiger partial charge in [-0.3, -0.25) is 9.59 Å². The van der Waals surface area contributed by atoms with E-state index >= 15 is 0 Å². The fraction of sp³-hybridized carbons (Fsp3) is 0.100. The molecule has 0 unspecified atom stereocenters. The maximum absolute atomic E-state index is 12.4. The number of hydrogen-bond acceptors (Lipinski definition) is 4. The molecule has 2 aromatic carbocycles. The number of carbonyl (C=O) groups is 2. The first-order chi connectivity index (χ1) is 12.1. The van der Waals surface area contributed by atoms with Crippen LogP contribution in [0.1, 0.15) is 24.2 Å². The average molecular weight is 331 g/mol. The highest BCUT2D eigenvalue weighted by atomic mass is 16.1. The molecule has 1 amide bonds. The first-order valence-corrected chi connectivity index (χ1v) is 7.88. The summed E-state index contributed by atoms with van der Waals surface area (Å²) in [6.45, 7) is 2.84. The van der Waals surface area contributed by atoms with Crippen LogP contribution in [0.2, 0.25) is 0 Å². The van der Waals surface area contributed by atoms with Crippen LogP contribution in [0.5, 0.6) is 0 Å². The Morgan fingerprint density at radius 1 is 0.800 bits per heavy atom. The number of nitrogens with one attached hydrogen (secondary N) is 1. The minimum Gasteiger partial charge on any atom is -0.309 e. The van der Waals surface area contributed by atoms with Crippen LogP contribution in [-0.4, -0.2) is 21.9 Å². The van der Waals surface area contributed by atoms with E-state index in [0.717, 1.165) is 11.1 Å². The summed E-state index contributed by atoms with van der Waals surface area (Å²) in [4.78, 5) is 23.9. The van der Waals surface area contributed by atoms with Crippen molar-refractivity contribution in [2.75, 3.05) is 5.32 Å². The molecule has 5 nitrogen and oxygen atoms in total. The van der Waals surface area contributed by atoms with E-state index in [1.54, 1.807) is 0 Å². The first kappa shape index (κ1) is 16.5. The van der Waals surface area contributed by atoms with Crippen molar-refractivity contribution in [2.24, 2.45) is 0 Å². The van der Waals surface area contributed by atoms with E-state index in [1.165, 1.54) is 13.8 Å². The molecule has 1 heterocycles. The monoisotopic (exact) mass is 331 g/mol. The molecule has 0 bridgehead atoms. The second-order valence-corrected chi connectivity index (χ2v) is 5.62. The van der Waals surface area contributed by atoms with Gasteiger partial charge < -0.3 is 5.32 Å². The lowest BCUT2D eigenvalue weighted by atomic mass is 9.93. The van der Waals surface area contributed by atoms with Gasteiger partial charge in [-0.2, -0.15) is 0 Å². The van der Waals surface area contributed by atoms with Gasteiger partial charge in [0.15, 0.2) is 11.6 Å². The molecule has 0 saturated heterocycles. The summed E-state index contributed by atoms with van der Waals surface area (Å²) >= 11 is 0. The van der Waals surface area contributed by atoms with E-state index in [9.17, 15) is 9.59 Å². The van der Waals surface area contributed by atoms with E-state index in [2.05, 4.69) is 15.5 Å². The molecule has 124 valence electrons. The van der Waals surface area contributed by atoms with Crippen LogP contribution >= 0.6 is 0 Å². The van der Waals surface area contributed by atoms with Crippen molar-refractivity contribution in [3.8, 4) is 22.4 Å². The maximum Gasteiger partial charge on any atom is 0.222 e. The van der Waals surface area contributed by atoms with Gasteiger partial charge in [0.2, 0.25) is 5.91 Å². The number of nitrogens with zero attached hydrogens (tertiary/aromatic N) is 2. The predicted molar refractivity (Wildman–Crippen MR) is 97.2 cm³/mol. The Morgan fingerprint density at radius 2 is 1.36 bits per heavy atom. The third-order valence-electron chi connectivity index (χ3n) is 3.73. The van der Waals surface area contributed by atoms with Crippen molar-refractivity contribution < 1.29 is 9.59 Å². The number of rotatable bonds is 4. The van der Waals surface area contributed by atoms with Crippen LogP contribution in [0, 0.1) is 0 Å². The summed E-state index contributed by atoms with van der Waals surface area (Å²) in [6.07, 6.45) is 0. The molecule has 3 rings (SSSR count). The lowest BCUT2D eigenvalue weighted by Gasteiger charge is -2.15. The minimum absolute atomic E-state index is 0.179. The summed E-state index contributed by atoms with van der Waals surface area (Å²) < 4.78 is 0. The lowest BCUT2D eigenvalue weighted by molar-refractivity contribution is -0.114. The van der Waals surface area contributed by atoms with Crippen molar-refractivity contribution in [1.82, 2.24) is 10.2 Å². The fourth-order valence-corrected chi connectivity index (χ4v) is 2.72. The predicted octanol–water partition coefficient (Wildman–Crippen LogP) is 3.97. The minimum atomic E-state index is -0.303. The van der Waals surface area contributed by atoms with Gasteiger partial charge in [0.25, 0.3) is 0 Å². The van der Waals surface area contributed by atoms with Crippen LogP contribution < -0.4 is 5.32 Å². The van der Waals surface area contributed by atoms with Crippen LogP contribution in [0.3, 0.4) is 0 Å². The fourth-order valence-electron chi connectivity index (χ4n) is 2.72. The smallest absolute Gasteiger partial charge is 0.222 e. The molecule has 1 aromatic heterocycles. The van der Waals surface area contributed by atoms with Gasteiger partial charge in [0.1, 0.15) is 5.69 Å². The number of hydrogen-bond donors (Lipinski definition) is 1. The quantitative estimate of drug-likeness (QED) is 0.734. The zero-order valence-corrected chi connectivity index (χ0v) is 14.0. The van der Waals surface area contributed by atoms with E-state index in [1.807, 2.05) is 60.7 Å². The number of amides is 1. The highest BCUT2D eigenvalue weighted by molar-refractivity contribution is 6.09. The van der Waals surface area contributed by atoms with Crippen molar-refractivity contribution in [3.63, 3.8) is 0 Å². The second kappa shape index (κ2) is 7.05. The van der Waals surface area contributed by atoms with Gasteiger partial charge in [-0.25, -0.2) is 0 Å². The highest BCUT2D eigenvalue weighted by Crippen LogP contribution is 2.36. The number of anilines is 1. The molecular weight excluding hydrogens is 314 g/mol. The van der Waals surface area contributed by atoms with Crippen LogP contribution in [-0.2, 0) is 4.79 Å². The number of benzene rings is 2. The molecule has 0 aliphatic heterocycles. The third kappa shape index (κ3) is 3.45. The topological polar surface area (TPSA) is 72.0 Å². The second-order valence-electron chi connectivity index (χ2n) is 5.62. The normalized spacial score (nSPS) is 10.3. The molecule has 0 aliphatic carbocycles. The van der Waals surface area contributed by atoms with Crippen LogP contribution in [0.4, 0.5) is 5.82 Å². The summed E-state index contributed by atoms with van der Waals surface area (Å²) in [5.41, 5.74) is 3.32. The number of Topliss-reactive ketones (excluding diaryl/α,β-unsaturated/α-hetero) is 1. The van der Waals surface area contributed by atoms with Crippen LogP contribution in [0.15, 0.2) is 60.7 Å².